The van der Waals surface area contributed by atoms with Crippen LogP contribution in [0.25, 0.3) is 11.3 Å². The summed E-state index contributed by atoms with van der Waals surface area (Å²) in [5.74, 6) is 0. The molecule has 110 valence electrons. The zero-order valence-electron chi connectivity index (χ0n) is 11.4. The van der Waals surface area contributed by atoms with Gasteiger partial charge in [-0.15, -0.1) is 11.3 Å². The normalized spacial score (nSPS) is 10.2. The molecule has 22 heavy (non-hydrogen) atoms. The molecule has 2 aromatic carbocycles. The number of aromatic nitrogens is 1. The van der Waals surface area contributed by atoms with Crippen molar-refractivity contribution >= 4 is 27.8 Å². The van der Waals surface area contributed by atoms with Crippen molar-refractivity contribution in [3.63, 3.8) is 0 Å². The molecule has 0 bridgehead atoms. The summed E-state index contributed by atoms with van der Waals surface area (Å²) in [5, 5.41) is 13.4. The number of benzene rings is 2. The highest BCUT2D eigenvalue weighted by Gasteiger charge is 2.06. The van der Waals surface area contributed by atoms with Crippen LogP contribution in [0.1, 0.15) is 0 Å². The van der Waals surface area contributed by atoms with E-state index in [1.54, 1.807) is 12.1 Å². The molecule has 0 amide bonds. The molecule has 0 spiro atoms. The molecular formula is C15H12N4O2S. The Bertz CT molecular complexity index is 789. The standard InChI is InChI=1S/C15H12N4O2S/c20-19(21)13-8-4-7-12(9-13)17-18-15-16-14(10-22-15)11-5-2-1-3-6-11/h1-10,17H,(H,16,18). The number of nitro groups is 1. The molecule has 6 nitrogen and oxygen atoms in total. The van der Waals surface area contributed by atoms with Gasteiger partial charge in [0, 0.05) is 23.1 Å². The average molecular weight is 312 g/mol. The van der Waals surface area contributed by atoms with Crippen LogP contribution in [0.2, 0.25) is 0 Å². The fraction of sp³-hybridized carbons (Fsp3) is 0. The molecule has 3 rings (SSSR count). The molecular weight excluding hydrogens is 300 g/mol. The number of hydrogen-bond donors (Lipinski definition) is 2. The fourth-order valence-electron chi connectivity index (χ4n) is 1.90. The molecule has 0 atom stereocenters. The van der Waals surface area contributed by atoms with Crippen LogP contribution in [-0.2, 0) is 0 Å². The van der Waals surface area contributed by atoms with Gasteiger partial charge in [0.15, 0.2) is 0 Å². The number of non-ortho nitro benzene ring substituents is 1. The molecule has 0 saturated carbocycles. The van der Waals surface area contributed by atoms with Crippen molar-refractivity contribution in [3.8, 4) is 11.3 Å². The van der Waals surface area contributed by atoms with E-state index < -0.39 is 4.92 Å². The Labute approximate surface area is 130 Å². The lowest BCUT2D eigenvalue weighted by molar-refractivity contribution is -0.384. The van der Waals surface area contributed by atoms with Crippen LogP contribution in [0.5, 0.6) is 0 Å². The summed E-state index contributed by atoms with van der Waals surface area (Å²) < 4.78 is 0. The van der Waals surface area contributed by atoms with Gasteiger partial charge >= 0.3 is 0 Å². The second kappa shape index (κ2) is 6.23. The SMILES string of the molecule is O=[N+]([O-])c1cccc(NNc2nc(-c3ccccc3)cs2)c1. The highest BCUT2D eigenvalue weighted by Crippen LogP contribution is 2.25. The van der Waals surface area contributed by atoms with Crippen molar-refractivity contribution in [3.05, 3.63) is 70.1 Å². The van der Waals surface area contributed by atoms with Gasteiger partial charge in [-0.25, -0.2) is 4.98 Å². The number of thiazole rings is 1. The molecule has 3 aromatic rings. The maximum Gasteiger partial charge on any atom is 0.271 e. The average Bonchev–Trinajstić information content (AvgIpc) is 3.03. The number of hydrazine groups is 1. The lowest BCUT2D eigenvalue weighted by atomic mass is 10.2. The first-order chi connectivity index (χ1) is 10.7. The molecule has 0 aliphatic carbocycles. The van der Waals surface area contributed by atoms with Gasteiger partial charge in [-0.1, -0.05) is 36.4 Å². The number of nitrogens with one attached hydrogen (secondary N) is 2. The van der Waals surface area contributed by atoms with Crippen LogP contribution in [0.3, 0.4) is 0 Å². The highest BCUT2D eigenvalue weighted by atomic mass is 32.1. The second-order valence-corrected chi connectivity index (χ2v) is 5.32. The highest BCUT2D eigenvalue weighted by molar-refractivity contribution is 7.14. The Morgan fingerprint density at radius 1 is 1.05 bits per heavy atom. The Hall–Kier alpha value is -2.93. The Kier molecular flexibility index (Phi) is 3.97. The van der Waals surface area contributed by atoms with Gasteiger partial charge < -0.3 is 0 Å². The maximum absolute atomic E-state index is 10.7. The van der Waals surface area contributed by atoms with E-state index in [2.05, 4.69) is 15.8 Å². The molecule has 0 fully saturated rings. The van der Waals surface area contributed by atoms with E-state index >= 15 is 0 Å². The van der Waals surface area contributed by atoms with Crippen molar-refractivity contribution in [2.24, 2.45) is 0 Å². The largest absolute Gasteiger partial charge is 0.299 e. The quantitative estimate of drug-likeness (QED) is 0.546. The van der Waals surface area contributed by atoms with E-state index in [9.17, 15) is 10.1 Å². The summed E-state index contributed by atoms with van der Waals surface area (Å²) in [6.45, 7) is 0. The number of hydrogen-bond acceptors (Lipinski definition) is 6. The van der Waals surface area contributed by atoms with Gasteiger partial charge in [0.05, 0.1) is 16.3 Å². The van der Waals surface area contributed by atoms with Crippen molar-refractivity contribution in [2.75, 3.05) is 10.9 Å². The molecule has 1 aromatic heterocycles. The summed E-state index contributed by atoms with van der Waals surface area (Å²) in [5.41, 5.74) is 8.43. The first kappa shape index (κ1) is 14.0. The van der Waals surface area contributed by atoms with E-state index in [0.29, 0.717) is 10.8 Å². The third-order valence-electron chi connectivity index (χ3n) is 2.94. The van der Waals surface area contributed by atoms with Gasteiger partial charge in [0.1, 0.15) is 0 Å². The third-order valence-corrected chi connectivity index (χ3v) is 3.70. The van der Waals surface area contributed by atoms with Crippen molar-refractivity contribution in [2.45, 2.75) is 0 Å². The predicted molar refractivity (Wildman–Crippen MR) is 87.9 cm³/mol. The lowest BCUT2D eigenvalue weighted by Gasteiger charge is -2.06. The second-order valence-electron chi connectivity index (χ2n) is 4.46. The van der Waals surface area contributed by atoms with Gasteiger partial charge in [0.2, 0.25) is 5.13 Å². The number of nitrogens with zero attached hydrogens (tertiary/aromatic N) is 2. The minimum absolute atomic E-state index is 0.0379. The van der Waals surface area contributed by atoms with Crippen molar-refractivity contribution in [1.82, 2.24) is 4.98 Å². The van der Waals surface area contributed by atoms with Crippen LogP contribution in [0.4, 0.5) is 16.5 Å². The molecule has 7 heteroatoms. The van der Waals surface area contributed by atoms with E-state index in [4.69, 9.17) is 0 Å². The predicted octanol–water partition coefficient (Wildman–Crippen LogP) is 4.16. The van der Waals surface area contributed by atoms with Crippen LogP contribution in [-0.4, -0.2) is 9.91 Å². The Morgan fingerprint density at radius 3 is 2.64 bits per heavy atom. The van der Waals surface area contributed by atoms with E-state index in [0.717, 1.165) is 11.3 Å². The van der Waals surface area contributed by atoms with Crippen LogP contribution >= 0.6 is 11.3 Å². The van der Waals surface area contributed by atoms with Gasteiger partial charge in [-0.2, -0.15) is 0 Å². The smallest absolute Gasteiger partial charge is 0.271 e. The van der Waals surface area contributed by atoms with E-state index in [-0.39, 0.29) is 5.69 Å². The minimum atomic E-state index is -0.428. The zero-order valence-corrected chi connectivity index (χ0v) is 12.2. The maximum atomic E-state index is 10.7. The van der Waals surface area contributed by atoms with Crippen molar-refractivity contribution in [1.29, 1.82) is 0 Å². The van der Waals surface area contributed by atoms with Gasteiger partial charge in [-0.3, -0.25) is 21.0 Å². The van der Waals surface area contributed by atoms with E-state index in [1.165, 1.54) is 23.5 Å². The Morgan fingerprint density at radius 2 is 1.86 bits per heavy atom. The molecule has 2 N–H and O–H groups in total. The van der Waals surface area contributed by atoms with E-state index in [1.807, 2.05) is 35.7 Å². The molecule has 0 aliphatic rings. The first-order valence-corrected chi connectivity index (χ1v) is 7.38. The van der Waals surface area contributed by atoms with Crippen LogP contribution in [0, 0.1) is 10.1 Å². The zero-order chi connectivity index (χ0) is 15.4. The van der Waals surface area contributed by atoms with Crippen LogP contribution in [0.15, 0.2) is 60.0 Å². The molecule has 0 unspecified atom stereocenters. The van der Waals surface area contributed by atoms with Gasteiger partial charge in [0.25, 0.3) is 5.69 Å². The van der Waals surface area contributed by atoms with Crippen molar-refractivity contribution < 1.29 is 4.92 Å². The summed E-state index contributed by atoms with van der Waals surface area (Å²) in [6, 6.07) is 16.1. The molecule has 0 aliphatic heterocycles. The van der Waals surface area contributed by atoms with Gasteiger partial charge in [-0.05, 0) is 6.07 Å². The summed E-state index contributed by atoms with van der Waals surface area (Å²) >= 11 is 1.46. The Balaban J connectivity index is 1.69. The topological polar surface area (TPSA) is 80.1 Å². The first-order valence-electron chi connectivity index (χ1n) is 6.50. The summed E-state index contributed by atoms with van der Waals surface area (Å²) in [4.78, 5) is 14.8. The fourth-order valence-corrected chi connectivity index (χ4v) is 2.57. The molecule has 0 radical (unpaired) electrons. The number of rotatable bonds is 5. The summed E-state index contributed by atoms with van der Waals surface area (Å²) in [6.07, 6.45) is 0. The minimum Gasteiger partial charge on any atom is -0.299 e. The number of anilines is 2. The summed E-state index contributed by atoms with van der Waals surface area (Å²) in [7, 11) is 0. The molecule has 1 heterocycles. The monoisotopic (exact) mass is 312 g/mol. The lowest BCUT2D eigenvalue weighted by Crippen LogP contribution is -2.08. The molecule has 0 saturated heterocycles. The third kappa shape index (κ3) is 3.21. The number of nitro benzene ring substituents is 1. The van der Waals surface area contributed by atoms with Crippen LogP contribution < -0.4 is 10.9 Å².